The fourth-order valence-electron chi connectivity index (χ4n) is 1.93. The van der Waals surface area contributed by atoms with Crippen LogP contribution in [0.2, 0.25) is 5.02 Å². The average Bonchev–Trinajstić information content (AvgIpc) is 2.41. The first-order valence-electron chi connectivity index (χ1n) is 5.94. The average molecular weight is 295 g/mol. The third-order valence-electron chi connectivity index (χ3n) is 2.92. The van der Waals surface area contributed by atoms with Gasteiger partial charge in [-0.3, -0.25) is 10.1 Å². The molecule has 0 bridgehead atoms. The molecule has 0 spiro atoms. The molecule has 0 radical (unpaired) electrons. The summed E-state index contributed by atoms with van der Waals surface area (Å²) in [5.41, 5.74) is 0.470. The molecule has 1 N–H and O–H groups in total. The molecule has 1 atom stereocenters. The van der Waals surface area contributed by atoms with Crippen molar-refractivity contribution in [2.24, 2.45) is 0 Å². The van der Waals surface area contributed by atoms with Crippen molar-refractivity contribution in [2.75, 3.05) is 5.32 Å². The Morgan fingerprint density at radius 3 is 2.60 bits per heavy atom. The van der Waals surface area contributed by atoms with E-state index in [-0.39, 0.29) is 22.2 Å². The summed E-state index contributed by atoms with van der Waals surface area (Å²) in [6.45, 7) is 1.71. The van der Waals surface area contributed by atoms with Crippen LogP contribution in [0.15, 0.2) is 42.5 Å². The molecule has 0 saturated carbocycles. The molecule has 0 amide bonds. The second kappa shape index (κ2) is 5.88. The number of halogens is 2. The summed E-state index contributed by atoms with van der Waals surface area (Å²) in [5.74, 6) is -0.373. The minimum Gasteiger partial charge on any atom is -0.372 e. The maximum atomic E-state index is 13.7. The van der Waals surface area contributed by atoms with Crippen LogP contribution in [0, 0.1) is 15.9 Å². The molecule has 0 heterocycles. The lowest BCUT2D eigenvalue weighted by Gasteiger charge is -2.17. The van der Waals surface area contributed by atoms with Crippen molar-refractivity contribution < 1.29 is 9.31 Å². The van der Waals surface area contributed by atoms with Crippen LogP contribution in [0.4, 0.5) is 15.8 Å². The molecule has 0 aliphatic rings. The number of nitrogens with zero attached hydrogens (tertiary/aromatic N) is 1. The fraction of sp³-hybridized carbons (Fsp3) is 0.143. The SMILES string of the molecule is CC(Nc1c(Cl)cccc1[N+](=O)[O-])c1ccccc1F. The highest BCUT2D eigenvalue weighted by atomic mass is 35.5. The van der Waals surface area contributed by atoms with Gasteiger partial charge in [-0.05, 0) is 19.1 Å². The summed E-state index contributed by atoms with van der Waals surface area (Å²) in [6, 6.07) is 10.2. The fourth-order valence-corrected chi connectivity index (χ4v) is 2.15. The van der Waals surface area contributed by atoms with E-state index < -0.39 is 11.0 Å². The number of rotatable bonds is 4. The van der Waals surface area contributed by atoms with Crippen molar-refractivity contribution >= 4 is 23.0 Å². The molecule has 2 aromatic carbocycles. The van der Waals surface area contributed by atoms with Gasteiger partial charge in [-0.25, -0.2) is 4.39 Å². The van der Waals surface area contributed by atoms with Crippen molar-refractivity contribution in [3.05, 3.63) is 69.0 Å². The quantitative estimate of drug-likeness (QED) is 0.664. The molecule has 0 saturated heterocycles. The molecule has 20 heavy (non-hydrogen) atoms. The number of nitrogens with one attached hydrogen (secondary N) is 1. The smallest absolute Gasteiger partial charge is 0.293 e. The molecule has 0 aromatic heterocycles. The second-order valence-electron chi connectivity index (χ2n) is 4.28. The molecule has 6 heteroatoms. The monoisotopic (exact) mass is 294 g/mol. The number of nitro benzene ring substituents is 1. The normalized spacial score (nSPS) is 11.9. The minimum absolute atomic E-state index is 0.138. The number of anilines is 1. The number of para-hydroxylation sites is 1. The zero-order valence-corrected chi connectivity index (χ0v) is 11.4. The van der Waals surface area contributed by atoms with E-state index in [1.807, 2.05) is 0 Å². The summed E-state index contributed by atoms with van der Waals surface area (Å²) in [6.07, 6.45) is 0. The van der Waals surface area contributed by atoms with Gasteiger partial charge < -0.3 is 5.32 Å². The van der Waals surface area contributed by atoms with E-state index in [1.165, 1.54) is 18.2 Å². The highest BCUT2D eigenvalue weighted by Crippen LogP contribution is 2.34. The zero-order chi connectivity index (χ0) is 14.7. The highest BCUT2D eigenvalue weighted by molar-refractivity contribution is 6.33. The minimum atomic E-state index is -0.526. The van der Waals surface area contributed by atoms with Crippen molar-refractivity contribution in [3.8, 4) is 0 Å². The molecule has 0 aliphatic heterocycles. The van der Waals surface area contributed by atoms with E-state index in [4.69, 9.17) is 11.6 Å². The topological polar surface area (TPSA) is 55.2 Å². The predicted octanol–water partition coefficient (Wildman–Crippen LogP) is 4.56. The Balaban J connectivity index is 2.35. The largest absolute Gasteiger partial charge is 0.372 e. The highest BCUT2D eigenvalue weighted by Gasteiger charge is 2.19. The van der Waals surface area contributed by atoms with Crippen LogP contribution in [0.25, 0.3) is 0 Å². The van der Waals surface area contributed by atoms with E-state index in [0.717, 1.165) is 0 Å². The lowest BCUT2D eigenvalue weighted by atomic mass is 10.1. The van der Waals surface area contributed by atoms with E-state index >= 15 is 0 Å². The Kier molecular flexibility index (Phi) is 4.20. The molecular weight excluding hydrogens is 283 g/mol. The summed E-state index contributed by atoms with van der Waals surface area (Å²) in [4.78, 5) is 10.5. The van der Waals surface area contributed by atoms with Gasteiger partial charge in [0.15, 0.2) is 0 Å². The molecule has 0 fully saturated rings. The maximum Gasteiger partial charge on any atom is 0.293 e. The van der Waals surface area contributed by atoms with Crippen LogP contribution in [0.1, 0.15) is 18.5 Å². The Labute approximate surface area is 120 Å². The molecule has 104 valence electrons. The van der Waals surface area contributed by atoms with Gasteiger partial charge in [0, 0.05) is 11.6 Å². The Bertz CT molecular complexity index is 649. The van der Waals surface area contributed by atoms with Crippen LogP contribution < -0.4 is 5.32 Å². The molecule has 1 unspecified atom stereocenters. The molecule has 2 rings (SSSR count). The summed E-state index contributed by atoms with van der Waals surface area (Å²) >= 11 is 5.98. The lowest BCUT2D eigenvalue weighted by molar-refractivity contribution is -0.384. The van der Waals surface area contributed by atoms with Crippen molar-refractivity contribution in [1.82, 2.24) is 0 Å². The van der Waals surface area contributed by atoms with Gasteiger partial charge in [0.05, 0.1) is 16.0 Å². The van der Waals surface area contributed by atoms with Gasteiger partial charge in [-0.2, -0.15) is 0 Å². The maximum absolute atomic E-state index is 13.7. The molecule has 2 aromatic rings. The van der Waals surface area contributed by atoms with Crippen LogP contribution in [0.5, 0.6) is 0 Å². The van der Waals surface area contributed by atoms with Crippen molar-refractivity contribution in [3.63, 3.8) is 0 Å². The third kappa shape index (κ3) is 2.88. The van der Waals surface area contributed by atoms with Gasteiger partial charge >= 0.3 is 0 Å². The zero-order valence-electron chi connectivity index (χ0n) is 10.6. The van der Waals surface area contributed by atoms with Gasteiger partial charge in [0.25, 0.3) is 5.69 Å². The first-order chi connectivity index (χ1) is 9.50. The molecular formula is C14H12ClFN2O2. The summed E-state index contributed by atoms with van der Waals surface area (Å²) < 4.78 is 13.7. The Hall–Kier alpha value is -2.14. The van der Waals surface area contributed by atoms with Crippen LogP contribution >= 0.6 is 11.6 Å². The molecule has 0 aliphatic carbocycles. The lowest BCUT2D eigenvalue weighted by Crippen LogP contribution is -2.10. The predicted molar refractivity (Wildman–Crippen MR) is 76.5 cm³/mol. The van der Waals surface area contributed by atoms with Crippen molar-refractivity contribution in [1.29, 1.82) is 0 Å². The van der Waals surface area contributed by atoms with E-state index in [0.29, 0.717) is 5.56 Å². The first kappa shape index (κ1) is 14.3. The van der Waals surface area contributed by atoms with Crippen LogP contribution in [-0.2, 0) is 0 Å². The van der Waals surface area contributed by atoms with Crippen LogP contribution in [-0.4, -0.2) is 4.92 Å². The van der Waals surface area contributed by atoms with Gasteiger partial charge in [0.1, 0.15) is 11.5 Å². The number of hydrogen-bond acceptors (Lipinski definition) is 3. The van der Waals surface area contributed by atoms with E-state index in [2.05, 4.69) is 5.32 Å². The van der Waals surface area contributed by atoms with Crippen molar-refractivity contribution in [2.45, 2.75) is 13.0 Å². The summed E-state index contributed by atoms with van der Waals surface area (Å²) in [5, 5.41) is 14.1. The third-order valence-corrected chi connectivity index (χ3v) is 3.24. The van der Waals surface area contributed by atoms with E-state index in [1.54, 1.807) is 31.2 Å². The van der Waals surface area contributed by atoms with Gasteiger partial charge in [-0.15, -0.1) is 0 Å². The Morgan fingerprint density at radius 2 is 1.95 bits per heavy atom. The Morgan fingerprint density at radius 1 is 1.25 bits per heavy atom. The standard InChI is InChI=1S/C14H12ClFN2O2/c1-9(10-5-2-3-7-12(10)16)17-14-11(15)6-4-8-13(14)18(19)20/h2-9,17H,1H3. The van der Waals surface area contributed by atoms with Crippen LogP contribution in [0.3, 0.4) is 0 Å². The number of benzene rings is 2. The number of nitro groups is 1. The number of hydrogen-bond donors (Lipinski definition) is 1. The first-order valence-corrected chi connectivity index (χ1v) is 6.32. The summed E-state index contributed by atoms with van der Waals surface area (Å²) in [7, 11) is 0. The van der Waals surface area contributed by atoms with Gasteiger partial charge in [0.2, 0.25) is 0 Å². The van der Waals surface area contributed by atoms with Gasteiger partial charge in [-0.1, -0.05) is 35.9 Å². The van der Waals surface area contributed by atoms with E-state index in [9.17, 15) is 14.5 Å². The second-order valence-corrected chi connectivity index (χ2v) is 4.69. The molecule has 4 nitrogen and oxygen atoms in total.